The lowest BCUT2D eigenvalue weighted by Gasteiger charge is -2.03. The van der Waals surface area contributed by atoms with E-state index in [2.05, 4.69) is 15.3 Å². The highest BCUT2D eigenvalue weighted by molar-refractivity contribution is 6.03. The lowest BCUT2D eigenvalue weighted by Crippen LogP contribution is -2.15. The summed E-state index contributed by atoms with van der Waals surface area (Å²) in [6, 6.07) is 5.15. The van der Waals surface area contributed by atoms with Gasteiger partial charge in [-0.25, -0.2) is 4.98 Å². The van der Waals surface area contributed by atoms with Crippen LogP contribution in [-0.4, -0.2) is 15.9 Å². The summed E-state index contributed by atoms with van der Waals surface area (Å²) in [4.78, 5) is 28.5. The van der Waals surface area contributed by atoms with Crippen LogP contribution < -0.4 is 10.9 Å². The Bertz CT molecular complexity index is 592. The third-order valence-electron chi connectivity index (χ3n) is 2.02. The molecule has 2 aromatic heterocycles. The Morgan fingerprint density at radius 3 is 2.82 bits per heavy atom. The number of pyridine rings is 2. The first-order valence-corrected chi connectivity index (χ1v) is 4.77. The average molecular weight is 233 g/mol. The van der Waals surface area contributed by atoms with Crippen molar-refractivity contribution in [1.82, 2.24) is 9.97 Å². The Morgan fingerprint density at radius 2 is 2.18 bits per heavy atom. The van der Waals surface area contributed by atoms with E-state index in [1.807, 2.05) is 0 Å². The minimum Gasteiger partial charge on any atom is -0.329 e. The first-order valence-electron chi connectivity index (χ1n) is 4.77. The third-order valence-corrected chi connectivity index (χ3v) is 2.02. The predicted octanol–water partition coefficient (Wildman–Crippen LogP) is 1.16. The lowest BCUT2D eigenvalue weighted by molar-refractivity contribution is 0.102. The number of hydrogen-bond donors (Lipinski definition) is 2. The van der Waals surface area contributed by atoms with Gasteiger partial charge in [0.05, 0.1) is 11.9 Å². The fraction of sp³-hybridized carbons (Fsp3) is 0. The smallest absolute Gasteiger partial charge is 0.255 e. The maximum atomic E-state index is 12.5. The van der Waals surface area contributed by atoms with E-state index < -0.39 is 11.9 Å². The van der Waals surface area contributed by atoms with Crippen LogP contribution in [0, 0.1) is 5.95 Å². The van der Waals surface area contributed by atoms with Gasteiger partial charge < -0.3 is 10.3 Å². The molecule has 0 aliphatic carbocycles. The average Bonchev–Trinajstić information content (AvgIpc) is 2.32. The molecule has 0 radical (unpaired) electrons. The van der Waals surface area contributed by atoms with Crippen molar-refractivity contribution in [1.29, 1.82) is 0 Å². The molecule has 0 spiro atoms. The van der Waals surface area contributed by atoms with E-state index in [1.54, 1.807) is 0 Å². The van der Waals surface area contributed by atoms with Crippen LogP contribution in [0.3, 0.4) is 0 Å². The molecule has 0 atom stereocenters. The van der Waals surface area contributed by atoms with E-state index in [4.69, 9.17) is 0 Å². The van der Waals surface area contributed by atoms with Gasteiger partial charge in [0.1, 0.15) is 0 Å². The molecule has 2 N–H and O–H groups in total. The summed E-state index contributed by atoms with van der Waals surface area (Å²) < 4.78 is 12.5. The molecule has 2 aromatic rings. The summed E-state index contributed by atoms with van der Waals surface area (Å²) in [6.45, 7) is 0. The zero-order valence-corrected chi connectivity index (χ0v) is 8.61. The van der Waals surface area contributed by atoms with Crippen LogP contribution in [0.5, 0.6) is 0 Å². The SMILES string of the molecule is O=C(Nc1ccc(F)nc1)c1cc[nH]c(=O)c1. The van der Waals surface area contributed by atoms with Crippen molar-refractivity contribution in [2.45, 2.75) is 0 Å². The van der Waals surface area contributed by atoms with Crippen LogP contribution in [0.1, 0.15) is 10.4 Å². The molecule has 1 amide bonds. The summed E-state index contributed by atoms with van der Waals surface area (Å²) in [6.07, 6.45) is 2.57. The monoisotopic (exact) mass is 233 g/mol. The number of H-pyrrole nitrogens is 1. The molecule has 0 bridgehead atoms. The number of nitrogens with one attached hydrogen (secondary N) is 2. The summed E-state index contributed by atoms with van der Waals surface area (Å²) in [5, 5.41) is 2.49. The van der Waals surface area contributed by atoms with Gasteiger partial charge in [-0.15, -0.1) is 0 Å². The maximum absolute atomic E-state index is 12.5. The standard InChI is InChI=1S/C11H8FN3O2/c12-9-2-1-8(6-14-9)15-11(17)7-3-4-13-10(16)5-7/h1-6H,(H,13,16)(H,15,17). The highest BCUT2D eigenvalue weighted by Gasteiger charge is 2.06. The van der Waals surface area contributed by atoms with E-state index in [0.29, 0.717) is 5.69 Å². The number of nitrogens with zero attached hydrogens (tertiary/aromatic N) is 1. The van der Waals surface area contributed by atoms with E-state index in [-0.39, 0.29) is 11.1 Å². The molecule has 2 heterocycles. The number of carbonyl (C=O) groups excluding carboxylic acids is 1. The van der Waals surface area contributed by atoms with E-state index in [0.717, 1.165) is 6.07 Å². The van der Waals surface area contributed by atoms with Gasteiger partial charge in [0.2, 0.25) is 11.5 Å². The number of aromatic amines is 1. The molecule has 6 heteroatoms. The summed E-state index contributed by atoms with van der Waals surface area (Å²) in [7, 11) is 0. The lowest BCUT2D eigenvalue weighted by atomic mass is 10.2. The highest BCUT2D eigenvalue weighted by Crippen LogP contribution is 2.07. The van der Waals surface area contributed by atoms with Gasteiger partial charge in [0.25, 0.3) is 5.91 Å². The molecule has 86 valence electrons. The van der Waals surface area contributed by atoms with Crippen molar-refractivity contribution in [3.63, 3.8) is 0 Å². The number of carbonyl (C=O) groups is 1. The number of hydrogen-bond acceptors (Lipinski definition) is 3. The Balaban J connectivity index is 2.17. The van der Waals surface area contributed by atoms with Crippen LogP contribution >= 0.6 is 0 Å². The van der Waals surface area contributed by atoms with E-state index >= 15 is 0 Å². The number of halogens is 1. The van der Waals surface area contributed by atoms with Crippen molar-refractivity contribution in [3.05, 3.63) is 58.5 Å². The van der Waals surface area contributed by atoms with Gasteiger partial charge >= 0.3 is 0 Å². The van der Waals surface area contributed by atoms with Crippen molar-refractivity contribution < 1.29 is 9.18 Å². The van der Waals surface area contributed by atoms with Crippen LogP contribution in [0.25, 0.3) is 0 Å². The van der Waals surface area contributed by atoms with Crippen molar-refractivity contribution in [3.8, 4) is 0 Å². The third kappa shape index (κ3) is 2.75. The Labute approximate surface area is 95.3 Å². The van der Waals surface area contributed by atoms with Gasteiger partial charge in [-0.3, -0.25) is 9.59 Å². The van der Waals surface area contributed by atoms with E-state index in [9.17, 15) is 14.0 Å². The molecule has 0 aromatic carbocycles. The molecule has 2 rings (SSSR count). The molecule has 5 nitrogen and oxygen atoms in total. The first kappa shape index (κ1) is 11.0. The molecule has 0 unspecified atom stereocenters. The summed E-state index contributed by atoms with van der Waals surface area (Å²) in [5.74, 6) is -1.08. The Hall–Kier alpha value is -2.50. The number of amides is 1. The van der Waals surface area contributed by atoms with Crippen molar-refractivity contribution in [2.75, 3.05) is 5.32 Å². The topological polar surface area (TPSA) is 74.8 Å². The summed E-state index contributed by atoms with van der Waals surface area (Å²) in [5.41, 5.74) is 0.213. The quantitative estimate of drug-likeness (QED) is 0.764. The molecule has 0 saturated heterocycles. The minimum absolute atomic E-state index is 0.220. The first-order chi connectivity index (χ1) is 8.15. The number of anilines is 1. The highest BCUT2D eigenvalue weighted by atomic mass is 19.1. The molecule has 0 fully saturated rings. The van der Waals surface area contributed by atoms with Crippen molar-refractivity contribution in [2.24, 2.45) is 0 Å². The number of aromatic nitrogens is 2. The largest absolute Gasteiger partial charge is 0.329 e. The Morgan fingerprint density at radius 1 is 1.35 bits per heavy atom. The molecule has 0 aliphatic heterocycles. The molecular formula is C11H8FN3O2. The minimum atomic E-state index is -0.626. The fourth-order valence-corrected chi connectivity index (χ4v) is 1.24. The van der Waals surface area contributed by atoms with Gasteiger partial charge in [-0.2, -0.15) is 4.39 Å². The van der Waals surface area contributed by atoms with Crippen molar-refractivity contribution >= 4 is 11.6 Å². The van der Waals surface area contributed by atoms with Gasteiger partial charge in [0, 0.05) is 17.8 Å². The molecule has 0 saturated carbocycles. The van der Waals surface area contributed by atoms with Crippen LogP contribution in [0.4, 0.5) is 10.1 Å². The molecular weight excluding hydrogens is 225 g/mol. The molecule has 17 heavy (non-hydrogen) atoms. The van der Waals surface area contributed by atoms with Crippen LogP contribution in [0.15, 0.2) is 41.5 Å². The van der Waals surface area contributed by atoms with Crippen LogP contribution in [-0.2, 0) is 0 Å². The normalized spacial score (nSPS) is 9.94. The van der Waals surface area contributed by atoms with Gasteiger partial charge in [-0.1, -0.05) is 0 Å². The zero-order valence-electron chi connectivity index (χ0n) is 8.61. The van der Waals surface area contributed by atoms with E-state index in [1.165, 1.54) is 30.6 Å². The second-order valence-corrected chi connectivity index (χ2v) is 3.27. The number of rotatable bonds is 2. The maximum Gasteiger partial charge on any atom is 0.255 e. The summed E-state index contributed by atoms with van der Waals surface area (Å²) >= 11 is 0. The molecule has 0 aliphatic rings. The van der Waals surface area contributed by atoms with Gasteiger partial charge in [0.15, 0.2) is 0 Å². The zero-order chi connectivity index (χ0) is 12.3. The second kappa shape index (κ2) is 4.56. The fourth-order valence-electron chi connectivity index (χ4n) is 1.24. The Kier molecular flexibility index (Phi) is 2.95. The van der Waals surface area contributed by atoms with Gasteiger partial charge in [-0.05, 0) is 18.2 Å². The van der Waals surface area contributed by atoms with Crippen LogP contribution in [0.2, 0.25) is 0 Å². The second-order valence-electron chi connectivity index (χ2n) is 3.27. The predicted molar refractivity (Wildman–Crippen MR) is 59.2 cm³/mol.